The van der Waals surface area contributed by atoms with Crippen LogP contribution >= 0.6 is 0 Å². The Hall–Kier alpha value is -3.15. The molecule has 3 rings (SSSR count). The standard InChI is InChI=1S/C17H17N5O/c1-22(2)12-5-3-4-10(8-12)11-6-7-13-14(9-11)20-21-16(15(13)18)17(19)23/h3-9H,1-2H3,(H2,18,20)(H2,19,23). The second kappa shape index (κ2) is 5.57. The van der Waals surface area contributed by atoms with Gasteiger partial charge in [-0.1, -0.05) is 18.2 Å². The number of nitrogens with zero attached hydrogens (tertiary/aromatic N) is 3. The summed E-state index contributed by atoms with van der Waals surface area (Å²) >= 11 is 0. The van der Waals surface area contributed by atoms with Crippen LogP contribution in [0.15, 0.2) is 42.5 Å². The predicted octanol–water partition coefficient (Wildman–Crippen LogP) is 2.04. The molecule has 6 heteroatoms. The quantitative estimate of drug-likeness (QED) is 0.771. The van der Waals surface area contributed by atoms with Crippen LogP contribution < -0.4 is 16.4 Å². The van der Waals surface area contributed by atoms with Crippen molar-refractivity contribution in [3.05, 3.63) is 48.2 Å². The number of fused-ring (bicyclic) bond motifs is 1. The van der Waals surface area contributed by atoms with Crippen molar-refractivity contribution in [2.24, 2.45) is 5.73 Å². The number of primary amides is 1. The Balaban J connectivity index is 2.12. The van der Waals surface area contributed by atoms with E-state index in [2.05, 4.69) is 16.3 Å². The highest BCUT2D eigenvalue weighted by molar-refractivity contribution is 6.04. The molecule has 23 heavy (non-hydrogen) atoms. The van der Waals surface area contributed by atoms with E-state index in [9.17, 15) is 4.79 Å². The fourth-order valence-corrected chi connectivity index (χ4v) is 2.45. The SMILES string of the molecule is CN(C)c1cccc(-c2ccc3c(N)c(C(N)=O)nnc3c2)c1. The number of hydrogen-bond acceptors (Lipinski definition) is 5. The van der Waals surface area contributed by atoms with Gasteiger partial charge in [-0.15, -0.1) is 10.2 Å². The number of carbonyl (C=O) groups excluding carboxylic acids is 1. The van der Waals surface area contributed by atoms with Gasteiger partial charge in [0, 0.05) is 25.2 Å². The van der Waals surface area contributed by atoms with Crippen LogP contribution in [0.2, 0.25) is 0 Å². The molecule has 0 radical (unpaired) electrons. The van der Waals surface area contributed by atoms with E-state index < -0.39 is 5.91 Å². The molecule has 6 nitrogen and oxygen atoms in total. The summed E-state index contributed by atoms with van der Waals surface area (Å²) in [6.07, 6.45) is 0. The highest BCUT2D eigenvalue weighted by atomic mass is 16.1. The number of benzene rings is 2. The maximum Gasteiger partial charge on any atom is 0.271 e. The van der Waals surface area contributed by atoms with Gasteiger partial charge in [-0.25, -0.2) is 0 Å². The van der Waals surface area contributed by atoms with Crippen molar-refractivity contribution in [1.29, 1.82) is 0 Å². The third-order valence-electron chi connectivity index (χ3n) is 3.73. The van der Waals surface area contributed by atoms with Gasteiger partial charge in [0.05, 0.1) is 11.2 Å². The van der Waals surface area contributed by atoms with Gasteiger partial charge in [-0.3, -0.25) is 4.79 Å². The summed E-state index contributed by atoms with van der Waals surface area (Å²) in [6.45, 7) is 0. The molecule has 0 atom stereocenters. The first-order chi connectivity index (χ1) is 11.0. The van der Waals surface area contributed by atoms with E-state index in [-0.39, 0.29) is 11.4 Å². The summed E-state index contributed by atoms with van der Waals surface area (Å²) in [4.78, 5) is 13.3. The molecule has 0 aliphatic heterocycles. The molecule has 2 aromatic carbocycles. The van der Waals surface area contributed by atoms with Crippen LogP contribution in [-0.4, -0.2) is 30.2 Å². The third kappa shape index (κ3) is 2.66. The summed E-state index contributed by atoms with van der Waals surface area (Å²) in [5.74, 6) is -0.681. The minimum atomic E-state index is -0.681. The summed E-state index contributed by atoms with van der Waals surface area (Å²) in [6, 6.07) is 13.9. The van der Waals surface area contributed by atoms with Crippen molar-refractivity contribution in [3.8, 4) is 11.1 Å². The van der Waals surface area contributed by atoms with E-state index in [1.165, 1.54) is 0 Å². The number of aromatic nitrogens is 2. The topological polar surface area (TPSA) is 98.1 Å². The molecular weight excluding hydrogens is 290 g/mol. The number of nitrogens with two attached hydrogens (primary N) is 2. The van der Waals surface area contributed by atoms with E-state index in [0.717, 1.165) is 16.8 Å². The van der Waals surface area contributed by atoms with Gasteiger partial charge in [0.2, 0.25) is 0 Å². The van der Waals surface area contributed by atoms with Crippen LogP contribution in [-0.2, 0) is 0 Å². The average molecular weight is 307 g/mol. The molecule has 0 aliphatic carbocycles. The van der Waals surface area contributed by atoms with Crippen LogP contribution in [0, 0.1) is 0 Å². The van der Waals surface area contributed by atoms with Crippen LogP contribution in [0.25, 0.3) is 22.0 Å². The van der Waals surface area contributed by atoms with E-state index >= 15 is 0 Å². The Morgan fingerprint density at radius 3 is 2.48 bits per heavy atom. The lowest BCUT2D eigenvalue weighted by atomic mass is 10.0. The van der Waals surface area contributed by atoms with Gasteiger partial charge in [0.1, 0.15) is 0 Å². The van der Waals surface area contributed by atoms with Crippen molar-refractivity contribution >= 4 is 28.2 Å². The first-order valence-electron chi connectivity index (χ1n) is 7.11. The second-order valence-corrected chi connectivity index (χ2v) is 5.50. The van der Waals surface area contributed by atoms with E-state index in [4.69, 9.17) is 11.5 Å². The van der Waals surface area contributed by atoms with Crippen LogP contribution in [0.1, 0.15) is 10.5 Å². The van der Waals surface area contributed by atoms with Gasteiger partial charge < -0.3 is 16.4 Å². The van der Waals surface area contributed by atoms with Crippen LogP contribution in [0.4, 0.5) is 11.4 Å². The van der Waals surface area contributed by atoms with Crippen molar-refractivity contribution in [3.63, 3.8) is 0 Å². The molecule has 1 heterocycles. The number of anilines is 2. The first-order valence-corrected chi connectivity index (χ1v) is 7.11. The largest absolute Gasteiger partial charge is 0.396 e. The minimum absolute atomic E-state index is 0.000134. The highest BCUT2D eigenvalue weighted by Gasteiger charge is 2.13. The molecule has 0 saturated carbocycles. The summed E-state index contributed by atoms with van der Waals surface area (Å²) in [5, 5.41) is 8.56. The van der Waals surface area contributed by atoms with E-state index in [0.29, 0.717) is 10.9 Å². The molecular formula is C17H17N5O. The number of rotatable bonds is 3. The lowest BCUT2D eigenvalue weighted by Gasteiger charge is -2.14. The van der Waals surface area contributed by atoms with E-state index in [1.807, 2.05) is 55.4 Å². The van der Waals surface area contributed by atoms with Crippen LogP contribution in [0.5, 0.6) is 0 Å². The summed E-state index contributed by atoms with van der Waals surface area (Å²) in [5.41, 5.74) is 15.3. The lowest BCUT2D eigenvalue weighted by Crippen LogP contribution is -2.16. The van der Waals surface area contributed by atoms with Gasteiger partial charge in [0.15, 0.2) is 5.69 Å². The maximum atomic E-state index is 11.3. The van der Waals surface area contributed by atoms with Gasteiger partial charge in [-0.2, -0.15) is 0 Å². The number of carbonyl (C=O) groups is 1. The van der Waals surface area contributed by atoms with Crippen molar-refractivity contribution in [2.45, 2.75) is 0 Å². The Bertz CT molecular complexity index is 905. The molecule has 116 valence electrons. The first kappa shape index (κ1) is 14.8. The number of amides is 1. The zero-order valence-electron chi connectivity index (χ0n) is 12.9. The molecule has 0 unspecified atom stereocenters. The van der Waals surface area contributed by atoms with Crippen molar-refractivity contribution in [2.75, 3.05) is 24.7 Å². The molecule has 0 bridgehead atoms. The van der Waals surface area contributed by atoms with Crippen molar-refractivity contribution < 1.29 is 4.79 Å². The zero-order chi connectivity index (χ0) is 16.6. The Morgan fingerprint density at radius 1 is 1.04 bits per heavy atom. The fourth-order valence-electron chi connectivity index (χ4n) is 2.45. The maximum absolute atomic E-state index is 11.3. The highest BCUT2D eigenvalue weighted by Crippen LogP contribution is 2.28. The Labute approximate surface area is 133 Å². The summed E-state index contributed by atoms with van der Waals surface area (Å²) in [7, 11) is 3.99. The van der Waals surface area contributed by atoms with Crippen molar-refractivity contribution in [1.82, 2.24) is 10.2 Å². The molecule has 1 amide bonds. The molecule has 0 aliphatic rings. The normalized spacial score (nSPS) is 10.7. The van der Waals surface area contributed by atoms with Gasteiger partial charge in [-0.05, 0) is 35.4 Å². The molecule has 3 aromatic rings. The molecule has 0 spiro atoms. The predicted molar refractivity (Wildman–Crippen MR) is 92.2 cm³/mol. The monoisotopic (exact) mass is 307 g/mol. The molecule has 1 aromatic heterocycles. The van der Waals surface area contributed by atoms with Gasteiger partial charge >= 0.3 is 0 Å². The smallest absolute Gasteiger partial charge is 0.271 e. The Kier molecular flexibility index (Phi) is 3.57. The molecule has 0 saturated heterocycles. The van der Waals surface area contributed by atoms with Crippen LogP contribution in [0.3, 0.4) is 0 Å². The lowest BCUT2D eigenvalue weighted by molar-refractivity contribution is 0.0996. The fraction of sp³-hybridized carbons (Fsp3) is 0.118. The third-order valence-corrected chi connectivity index (χ3v) is 3.73. The molecule has 4 N–H and O–H groups in total. The summed E-state index contributed by atoms with van der Waals surface area (Å²) < 4.78 is 0. The number of nitrogen functional groups attached to an aromatic ring is 1. The number of hydrogen-bond donors (Lipinski definition) is 2. The molecule has 0 fully saturated rings. The zero-order valence-corrected chi connectivity index (χ0v) is 12.9. The van der Waals surface area contributed by atoms with Gasteiger partial charge in [0.25, 0.3) is 5.91 Å². The average Bonchev–Trinajstić information content (AvgIpc) is 2.54. The second-order valence-electron chi connectivity index (χ2n) is 5.50. The minimum Gasteiger partial charge on any atom is -0.396 e. The van der Waals surface area contributed by atoms with E-state index in [1.54, 1.807) is 0 Å². The Morgan fingerprint density at radius 2 is 1.78 bits per heavy atom.